The van der Waals surface area contributed by atoms with E-state index in [2.05, 4.69) is 4.98 Å². The molecule has 1 saturated heterocycles. The Morgan fingerprint density at radius 3 is 2.94 bits per heavy atom. The van der Waals surface area contributed by atoms with E-state index in [1.54, 1.807) is 18.0 Å². The van der Waals surface area contributed by atoms with Crippen LogP contribution in [0.15, 0.2) is 18.3 Å². The lowest BCUT2D eigenvalue weighted by atomic mass is 10.00. The maximum atomic E-state index is 12.1. The van der Waals surface area contributed by atoms with Crippen LogP contribution in [0, 0.1) is 5.92 Å². The average molecular weight is 250 g/mol. The Balaban J connectivity index is 1.98. The molecule has 0 saturated carbocycles. The van der Waals surface area contributed by atoms with E-state index >= 15 is 0 Å². The third-order valence-corrected chi connectivity index (χ3v) is 3.21. The van der Waals surface area contributed by atoms with Crippen LogP contribution < -0.4 is 0 Å². The number of hydrogen-bond donors (Lipinski definition) is 1. The largest absolute Gasteiger partial charge is 0.505 e. The second kappa shape index (κ2) is 5.82. The number of pyridine rings is 1. The van der Waals surface area contributed by atoms with E-state index in [-0.39, 0.29) is 17.4 Å². The Labute approximate surface area is 106 Å². The van der Waals surface area contributed by atoms with Crippen LogP contribution in [-0.2, 0) is 4.74 Å². The van der Waals surface area contributed by atoms with E-state index in [1.165, 1.54) is 12.3 Å². The fraction of sp³-hybridized carbons (Fsp3) is 0.538. The number of hydrogen-bond acceptors (Lipinski definition) is 4. The summed E-state index contributed by atoms with van der Waals surface area (Å²) in [6.07, 6.45) is 3.47. The van der Waals surface area contributed by atoms with Crippen molar-refractivity contribution in [2.75, 3.05) is 26.8 Å². The number of carbonyl (C=O) groups is 1. The number of rotatable bonds is 3. The highest BCUT2D eigenvalue weighted by Crippen LogP contribution is 2.18. The molecule has 0 unspecified atom stereocenters. The fourth-order valence-electron chi connectivity index (χ4n) is 2.14. The lowest BCUT2D eigenvalue weighted by Gasteiger charge is -2.27. The van der Waals surface area contributed by atoms with Gasteiger partial charge in [-0.15, -0.1) is 0 Å². The van der Waals surface area contributed by atoms with Crippen molar-refractivity contribution in [3.8, 4) is 5.75 Å². The summed E-state index contributed by atoms with van der Waals surface area (Å²) >= 11 is 0. The van der Waals surface area contributed by atoms with Gasteiger partial charge >= 0.3 is 0 Å². The molecule has 0 spiro atoms. The van der Waals surface area contributed by atoms with Crippen molar-refractivity contribution in [3.05, 3.63) is 24.0 Å². The third kappa shape index (κ3) is 2.98. The van der Waals surface area contributed by atoms with Gasteiger partial charge in [0.1, 0.15) is 5.75 Å². The van der Waals surface area contributed by atoms with Crippen molar-refractivity contribution in [2.45, 2.75) is 12.8 Å². The molecule has 1 aliphatic heterocycles. The Hall–Kier alpha value is -1.62. The van der Waals surface area contributed by atoms with E-state index in [4.69, 9.17) is 4.74 Å². The fourth-order valence-corrected chi connectivity index (χ4v) is 2.14. The van der Waals surface area contributed by atoms with Gasteiger partial charge in [0.2, 0.25) is 0 Å². The molecule has 0 aromatic carbocycles. The number of ether oxygens (including phenoxy) is 1. The summed E-state index contributed by atoms with van der Waals surface area (Å²) in [6.45, 7) is 2.21. The van der Waals surface area contributed by atoms with E-state index in [0.717, 1.165) is 26.1 Å². The van der Waals surface area contributed by atoms with Gasteiger partial charge in [-0.1, -0.05) is 0 Å². The van der Waals surface area contributed by atoms with Crippen LogP contribution in [0.3, 0.4) is 0 Å². The first kappa shape index (κ1) is 12.8. The van der Waals surface area contributed by atoms with Crippen LogP contribution in [0.1, 0.15) is 23.3 Å². The van der Waals surface area contributed by atoms with Crippen molar-refractivity contribution >= 4 is 5.91 Å². The van der Waals surface area contributed by atoms with Crippen molar-refractivity contribution in [3.63, 3.8) is 0 Å². The smallest absolute Gasteiger partial charge is 0.276 e. The molecule has 1 aliphatic rings. The molecule has 1 N–H and O–H groups in total. The first-order valence-electron chi connectivity index (χ1n) is 6.15. The standard InChI is InChI=1S/C13H18N2O3/c1-15(9-10-4-7-18-8-5-10)13(17)12-11(16)3-2-6-14-12/h2-3,6,10,16H,4-5,7-9H2,1H3. The van der Waals surface area contributed by atoms with Crippen LogP contribution >= 0.6 is 0 Å². The minimum Gasteiger partial charge on any atom is -0.505 e. The summed E-state index contributed by atoms with van der Waals surface area (Å²) in [6, 6.07) is 3.08. The summed E-state index contributed by atoms with van der Waals surface area (Å²) in [4.78, 5) is 17.7. The molecule has 0 radical (unpaired) electrons. The molecule has 0 atom stereocenters. The van der Waals surface area contributed by atoms with Gasteiger partial charge < -0.3 is 14.7 Å². The minimum atomic E-state index is -0.236. The SMILES string of the molecule is CN(CC1CCOCC1)C(=O)c1ncccc1O. The maximum Gasteiger partial charge on any atom is 0.276 e. The lowest BCUT2D eigenvalue weighted by molar-refractivity contribution is 0.0494. The summed E-state index contributed by atoms with van der Waals surface area (Å²) in [7, 11) is 1.74. The summed E-state index contributed by atoms with van der Waals surface area (Å²) < 4.78 is 5.29. The number of carbonyl (C=O) groups excluding carboxylic acids is 1. The lowest BCUT2D eigenvalue weighted by Crippen LogP contribution is -2.34. The highest BCUT2D eigenvalue weighted by Gasteiger charge is 2.21. The zero-order valence-electron chi connectivity index (χ0n) is 10.5. The molecule has 2 heterocycles. The Bertz CT molecular complexity index is 416. The van der Waals surface area contributed by atoms with Gasteiger partial charge in [0.05, 0.1) is 0 Å². The highest BCUT2D eigenvalue weighted by molar-refractivity contribution is 5.94. The van der Waals surface area contributed by atoms with Gasteiger partial charge in [-0.25, -0.2) is 4.98 Å². The minimum absolute atomic E-state index is 0.0682. The van der Waals surface area contributed by atoms with Crippen molar-refractivity contribution in [1.82, 2.24) is 9.88 Å². The number of aromatic hydroxyl groups is 1. The van der Waals surface area contributed by atoms with Crippen LogP contribution in [0.25, 0.3) is 0 Å². The first-order chi connectivity index (χ1) is 8.68. The zero-order valence-corrected chi connectivity index (χ0v) is 10.5. The molecule has 5 nitrogen and oxygen atoms in total. The predicted molar refractivity (Wildman–Crippen MR) is 66.4 cm³/mol. The maximum absolute atomic E-state index is 12.1. The van der Waals surface area contributed by atoms with Crippen molar-refractivity contribution in [2.24, 2.45) is 5.92 Å². The number of amides is 1. The van der Waals surface area contributed by atoms with Gasteiger partial charge in [-0.2, -0.15) is 0 Å². The van der Waals surface area contributed by atoms with E-state index in [0.29, 0.717) is 12.5 Å². The number of nitrogens with zero attached hydrogens (tertiary/aromatic N) is 2. The monoisotopic (exact) mass is 250 g/mol. The second-order valence-electron chi connectivity index (χ2n) is 4.61. The van der Waals surface area contributed by atoms with Gasteiger partial charge in [-0.05, 0) is 30.9 Å². The number of aromatic nitrogens is 1. The molecular weight excluding hydrogens is 232 g/mol. The van der Waals surface area contributed by atoms with Crippen LogP contribution in [0.4, 0.5) is 0 Å². The molecule has 1 amide bonds. The summed E-state index contributed by atoms with van der Waals surface area (Å²) in [5.41, 5.74) is 0.118. The molecule has 1 aromatic heterocycles. The molecule has 0 aliphatic carbocycles. The molecule has 1 fully saturated rings. The molecule has 1 aromatic rings. The van der Waals surface area contributed by atoms with Crippen molar-refractivity contribution < 1.29 is 14.6 Å². The van der Waals surface area contributed by atoms with Gasteiger partial charge in [0.15, 0.2) is 5.69 Å². The zero-order chi connectivity index (χ0) is 13.0. The first-order valence-corrected chi connectivity index (χ1v) is 6.15. The van der Waals surface area contributed by atoms with Crippen LogP contribution in [0.5, 0.6) is 5.75 Å². The van der Waals surface area contributed by atoms with Gasteiger partial charge in [0, 0.05) is 33.0 Å². The molecule has 98 valence electrons. The van der Waals surface area contributed by atoms with E-state index in [9.17, 15) is 9.90 Å². The quantitative estimate of drug-likeness (QED) is 0.878. The highest BCUT2D eigenvalue weighted by atomic mass is 16.5. The molecule has 18 heavy (non-hydrogen) atoms. The van der Waals surface area contributed by atoms with Gasteiger partial charge in [0.25, 0.3) is 5.91 Å². The van der Waals surface area contributed by atoms with E-state index < -0.39 is 0 Å². The van der Waals surface area contributed by atoms with Crippen LogP contribution in [0.2, 0.25) is 0 Å². The van der Waals surface area contributed by atoms with Gasteiger partial charge in [-0.3, -0.25) is 4.79 Å². The molecule has 2 rings (SSSR count). The Kier molecular flexibility index (Phi) is 4.15. The van der Waals surface area contributed by atoms with E-state index in [1.807, 2.05) is 0 Å². The molecule has 5 heteroatoms. The summed E-state index contributed by atoms with van der Waals surface area (Å²) in [5.74, 6) is 0.166. The Morgan fingerprint density at radius 2 is 2.28 bits per heavy atom. The van der Waals surface area contributed by atoms with Crippen LogP contribution in [-0.4, -0.2) is 47.7 Å². The summed E-state index contributed by atoms with van der Waals surface area (Å²) in [5, 5.41) is 9.61. The topological polar surface area (TPSA) is 62.7 Å². The third-order valence-electron chi connectivity index (χ3n) is 3.21. The molecule has 0 bridgehead atoms. The Morgan fingerprint density at radius 1 is 1.56 bits per heavy atom. The predicted octanol–water partition coefficient (Wildman–Crippen LogP) is 1.29. The van der Waals surface area contributed by atoms with Crippen molar-refractivity contribution in [1.29, 1.82) is 0 Å². The average Bonchev–Trinajstić information content (AvgIpc) is 2.39. The molecular formula is C13H18N2O3. The normalized spacial score (nSPS) is 16.5. The second-order valence-corrected chi connectivity index (χ2v) is 4.61.